The second-order valence-electron chi connectivity index (χ2n) is 10.8. The summed E-state index contributed by atoms with van der Waals surface area (Å²) in [5, 5.41) is 3.77. The van der Waals surface area contributed by atoms with Gasteiger partial charge in [-0.25, -0.2) is 0 Å². The SMILES string of the molecule is COCCCNC(=O)C[C@H]1C[C@@]2(C(=O)OC)C(=C[C@H](C3CCCC3)O[C@@H]2C)N(Cc2ccc(Cl)cc2Cl)C1=O. The quantitative estimate of drug-likeness (QED) is 0.312. The first-order chi connectivity index (χ1) is 18.7. The van der Waals surface area contributed by atoms with Crippen molar-refractivity contribution in [2.24, 2.45) is 17.3 Å². The van der Waals surface area contributed by atoms with Gasteiger partial charge in [0.05, 0.1) is 25.9 Å². The molecule has 1 aromatic rings. The molecule has 3 aliphatic rings. The Labute approximate surface area is 240 Å². The van der Waals surface area contributed by atoms with E-state index in [1.54, 1.807) is 30.2 Å². The Morgan fingerprint density at radius 1 is 1.21 bits per heavy atom. The van der Waals surface area contributed by atoms with Crippen LogP contribution >= 0.6 is 23.2 Å². The summed E-state index contributed by atoms with van der Waals surface area (Å²) in [6, 6.07) is 5.13. The number of esters is 1. The van der Waals surface area contributed by atoms with Gasteiger partial charge in [-0.2, -0.15) is 0 Å². The lowest BCUT2D eigenvalue weighted by molar-refractivity contribution is -0.178. The molecule has 0 radical (unpaired) electrons. The van der Waals surface area contributed by atoms with Crippen molar-refractivity contribution in [3.8, 4) is 0 Å². The first kappa shape index (κ1) is 29.8. The molecule has 10 heteroatoms. The molecule has 1 saturated carbocycles. The average Bonchev–Trinajstić information content (AvgIpc) is 3.45. The van der Waals surface area contributed by atoms with Gasteiger partial charge in [0.15, 0.2) is 0 Å². The van der Waals surface area contributed by atoms with E-state index in [0.29, 0.717) is 46.8 Å². The molecular weight excluding hydrogens is 543 g/mol. The number of piperidine rings is 1. The minimum atomic E-state index is -1.24. The van der Waals surface area contributed by atoms with Crippen LogP contribution in [0.4, 0.5) is 0 Å². The molecule has 0 unspecified atom stereocenters. The molecule has 214 valence electrons. The number of likely N-dealkylation sites (tertiary alicyclic amines) is 1. The molecule has 39 heavy (non-hydrogen) atoms. The molecule has 2 fully saturated rings. The van der Waals surface area contributed by atoms with Gasteiger partial charge in [0.25, 0.3) is 0 Å². The fourth-order valence-corrected chi connectivity index (χ4v) is 6.74. The van der Waals surface area contributed by atoms with Gasteiger partial charge >= 0.3 is 5.97 Å². The van der Waals surface area contributed by atoms with Crippen molar-refractivity contribution in [1.29, 1.82) is 0 Å². The summed E-state index contributed by atoms with van der Waals surface area (Å²) in [5.74, 6) is -1.38. The highest BCUT2D eigenvalue weighted by atomic mass is 35.5. The van der Waals surface area contributed by atoms with E-state index in [1.165, 1.54) is 7.11 Å². The normalized spacial score (nSPS) is 27.2. The third-order valence-electron chi connectivity index (χ3n) is 8.35. The monoisotopic (exact) mass is 580 g/mol. The third-order valence-corrected chi connectivity index (χ3v) is 8.93. The Hall–Kier alpha value is -2.13. The summed E-state index contributed by atoms with van der Waals surface area (Å²) in [5.41, 5.74) is 0.0329. The highest BCUT2D eigenvalue weighted by Crippen LogP contribution is 2.52. The zero-order chi connectivity index (χ0) is 28.2. The molecule has 2 heterocycles. The predicted octanol–water partition coefficient (Wildman–Crippen LogP) is 4.91. The number of carbonyl (C=O) groups is 3. The lowest BCUT2D eigenvalue weighted by atomic mass is 9.66. The van der Waals surface area contributed by atoms with Crippen LogP contribution in [0.25, 0.3) is 0 Å². The van der Waals surface area contributed by atoms with Gasteiger partial charge in [0.1, 0.15) is 5.41 Å². The van der Waals surface area contributed by atoms with Gasteiger partial charge in [0, 0.05) is 48.3 Å². The maximum absolute atomic E-state index is 14.1. The number of nitrogens with one attached hydrogen (secondary N) is 1. The zero-order valence-electron chi connectivity index (χ0n) is 22.8. The molecule has 2 aliphatic heterocycles. The van der Waals surface area contributed by atoms with Crippen LogP contribution in [-0.4, -0.2) is 62.3 Å². The summed E-state index contributed by atoms with van der Waals surface area (Å²) in [6.07, 6.45) is 6.25. The van der Waals surface area contributed by atoms with E-state index in [0.717, 1.165) is 25.7 Å². The van der Waals surface area contributed by atoms with Crippen molar-refractivity contribution in [3.63, 3.8) is 0 Å². The van der Waals surface area contributed by atoms with Gasteiger partial charge < -0.3 is 24.4 Å². The summed E-state index contributed by atoms with van der Waals surface area (Å²) in [4.78, 5) is 42.2. The first-order valence-electron chi connectivity index (χ1n) is 13.7. The summed E-state index contributed by atoms with van der Waals surface area (Å²) in [7, 11) is 2.95. The molecule has 0 aromatic heterocycles. The maximum atomic E-state index is 14.1. The first-order valence-corrected chi connectivity index (χ1v) is 14.4. The van der Waals surface area contributed by atoms with Crippen LogP contribution in [0.5, 0.6) is 0 Å². The fraction of sp³-hybridized carbons (Fsp3) is 0.621. The highest BCUT2D eigenvalue weighted by molar-refractivity contribution is 6.35. The van der Waals surface area contributed by atoms with E-state index >= 15 is 0 Å². The molecule has 1 aromatic carbocycles. The molecule has 0 bridgehead atoms. The van der Waals surface area contributed by atoms with Crippen molar-refractivity contribution >= 4 is 41.0 Å². The van der Waals surface area contributed by atoms with Crippen molar-refractivity contribution in [2.45, 2.75) is 70.6 Å². The number of ether oxygens (including phenoxy) is 3. The molecule has 8 nitrogen and oxygen atoms in total. The highest BCUT2D eigenvalue weighted by Gasteiger charge is 2.60. The minimum Gasteiger partial charge on any atom is -0.468 e. The van der Waals surface area contributed by atoms with Crippen LogP contribution in [-0.2, 0) is 35.1 Å². The summed E-state index contributed by atoms with van der Waals surface area (Å²) < 4.78 is 16.9. The van der Waals surface area contributed by atoms with Gasteiger partial charge in [-0.1, -0.05) is 42.1 Å². The number of fused-ring (bicyclic) bond motifs is 1. The molecule has 0 spiro atoms. The molecule has 4 rings (SSSR count). The van der Waals surface area contributed by atoms with Crippen LogP contribution in [0.2, 0.25) is 10.0 Å². The molecular formula is C29H38Cl2N2O6. The largest absolute Gasteiger partial charge is 0.468 e. The van der Waals surface area contributed by atoms with Gasteiger partial charge in [-0.3, -0.25) is 14.4 Å². The van der Waals surface area contributed by atoms with Crippen molar-refractivity contribution in [2.75, 3.05) is 27.4 Å². The average molecular weight is 582 g/mol. The van der Waals surface area contributed by atoms with Crippen LogP contribution in [0.15, 0.2) is 30.0 Å². The Balaban J connectivity index is 1.73. The smallest absolute Gasteiger partial charge is 0.320 e. The summed E-state index contributed by atoms with van der Waals surface area (Å²) in [6.45, 7) is 2.97. The predicted molar refractivity (Wildman–Crippen MR) is 148 cm³/mol. The Kier molecular flexibility index (Phi) is 9.97. The second-order valence-corrected chi connectivity index (χ2v) is 11.6. The van der Waals surface area contributed by atoms with Crippen LogP contribution in [0.1, 0.15) is 57.4 Å². The lowest BCUT2D eigenvalue weighted by Crippen LogP contribution is -2.60. The Morgan fingerprint density at radius 2 is 1.95 bits per heavy atom. The van der Waals surface area contributed by atoms with Gasteiger partial charge in [-0.05, 0) is 62.3 Å². The van der Waals surface area contributed by atoms with E-state index in [4.69, 9.17) is 37.4 Å². The second kappa shape index (κ2) is 13.0. The molecule has 2 amide bonds. The van der Waals surface area contributed by atoms with Crippen molar-refractivity contribution in [1.82, 2.24) is 10.2 Å². The van der Waals surface area contributed by atoms with E-state index in [-0.39, 0.29) is 37.3 Å². The van der Waals surface area contributed by atoms with Gasteiger partial charge in [-0.15, -0.1) is 0 Å². The number of amides is 2. The van der Waals surface area contributed by atoms with Crippen molar-refractivity contribution in [3.05, 3.63) is 45.6 Å². The van der Waals surface area contributed by atoms with Crippen LogP contribution in [0.3, 0.4) is 0 Å². The number of halogens is 2. The van der Waals surface area contributed by atoms with E-state index in [2.05, 4.69) is 5.32 Å². The molecule has 4 atom stereocenters. The number of hydrogen-bond donors (Lipinski definition) is 1. The van der Waals surface area contributed by atoms with Crippen molar-refractivity contribution < 1.29 is 28.6 Å². The van der Waals surface area contributed by atoms with Gasteiger partial charge in [0.2, 0.25) is 11.8 Å². The molecule has 1 saturated heterocycles. The maximum Gasteiger partial charge on any atom is 0.320 e. The number of nitrogens with zero attached hydrogens (tertiary/aromatic N) is 1. The number of methoxy groups -OCH3 is 2. The number of carbonyl (C=O) groups excluding carboxylic acids is 3. The summed E-state index contributed by atoms with van der Waals surface area (Å²) >= 11 is 12.7. The van der Waals surface area contributed by atoms with E-state index < -0.39 is 23.4 Å². The standard InChI is InChI=1S/C29H38Cl2N2O6/c1-18-29(28(36)38-3)16-21(13-26(34)32-11-6-12-37-2)27(35)33(17-20-9-10-22(30)14-23(20)31)25(29)15-24(39-18)19-7-4-5-8-19/h9-10,14-15,18-19,21,24H,4-8,11-13,16-17H2,1-3H3,(H,32,34)/t18-,21+,24-,29+/m1/s1. The van der Waals surface area contributed by atoms with Crippen LogP contribution < -0.4 is 5.32 Å². The molecule has 1 N–H and O–H groups in total. The Bertz CT molecular complexity index is 1110. The Morgan fingerprint density at radius 3 is 2.62 bits per heavy atom. The zero-order valence-corrected chi connectivity index (χ0v) is 24.4. The third kappa shape index (κ3) is 6.29. The topological polar surface area (TPSA) is 94.2 Å². The number of hydrogen-bond acceptors (Lipinski definition) is 6. The number of rotatable bonds is 10. The van der Waals surface area contributed by atoms with Crippen LogP contribution in [0, 0.1) is 17.3 Å². The van der Waals surface area contributed by atoms with E-state index in [1.807, 2.05) is 13.0 Å². The molecule has 1 aliphatic carbocycles. The number of benzene rings is 1. The lowest BCUT2D eigenvalue weighted by Gasteiger charge is -2.52. The van der Waals surface area contributed by atoms with E-state index in [9.17, 15) is 14.4 Å². The minimum absolute atomic E-state index is 0.0541. The fourth-order valence-electron chi connectivity index (χ4n) is 6.27.